The normalized spacial score (nSPS) is 25.9. The SMILES string of the molecule is CC(NC(=O)O)C(NS(=O)(=O)c1ccc(OCc2ccccc2)cc1)C12OCC(C)(CO1)CO2. The van der Waals surface area contributed by atoms with Crippen molar-refractivity contribution in [2.24, 2.45) is 5.41 Å². The maximum absolute atomic E-state index is 13.2. The maximum Gasteiger partial charge on any atom is 0.404 e. The Morgan fingerprint density at radius 2 is 1.65 bits per heavy atom. The van der Waals surface area contributed by atoms with E-state index < -0.39 is 34.2 Å². The van der Waals surface area contributed by atoms with Crippen LogP contribution in [-0.2, 0) is 30.8 Å². The van der Waals surface area contributed by atoms with Crippen molar-refractivity contribution in [3.63, 3.8) is 0 Å². The highest BCUT2D eigenvalue weighted by molar-refractivity contribution is 7.89. The van der Waals surface area contributed by atoms with Crippen molar-refractivity contribution in [2.45, 2.75) is 43.4 Å². The van der Waals surface area contributed by atoms with Gasteiger partial charge in [-0.3, -0.25) is 0 Å². The summed E-state index contributed by atoms with van der Waals surface area (Å²) in [6.45, 7) is 4.65. The van der Waals surface area contributed by atoms with Crippen LogP contribution in [0.5, 0.6) is 5.75 Å². The lowest BCUT2D eigenvalue weighted by atomic mass is 9.90. The Hall–Kier alpha value is -2.70. The van der Waals surface area contributed by atoms with Gasteiger partial charge in [0.25, 0.3) is 0 Å². The highest BCUT2D eigenvalue weighted by Gasteiger charge is 2.57. The molecule has 2 aromatic rings. The van der Waals surface area contributed by atoms with E-state index >= 15 is 0 Å². The van der Waals surface area contributed by atoms with Gasteiger partial charge in [0.15, 0.2) is 0 Å². The quantitative estimate of drug-likeness (QED) is 0.486. The summed E-state index contributed by atoms with van der Waals surface area (Å²) < 4.78 is 52.0. The molecule has 2 unspecified atom stereocenters. The molecule has 3 fully saturated rings. The second kappa shape index (κ2) is 9.51. The van der Waals surface area contributed by atoms with Crippen LogP contribution in [-0.4, -0.2) is 57.5 Å². The van der Waals surface area contributed by atoms with Gasteiger partial charge in [0.05, 0.1) is 30.8 Å². The molecule has 184 valence electrons. The lowest BCUT2D eigenvalue weighted by Gasteiger charge is -2.53. The summed E-state index contributed by atoms with van der Waals surface area (Å²) in [7, 11) is -4.10. The van der Waals surface area contributed by atoms with Gasteiger partial charge < -0.3 is 29.4 Å². The fourth-order valence-electron chi connectivity index (χ4n) is 3.79. The Labute approximate surface area is 198 Å². The van der Waals surface area contributed by atoms with Gasteiger partial charge in [0, 0.05) is 5.41 Å². The molecule has 2 atom stereocenters. The number of sulfonamides is 1. The van der Waals surface area contributed by atoms with Crippen molar-refractivity contribution in [1.82, 2.24) is 10.0 Å². The summed E-state index contributed by atoms with van der Waals surface area (Å²) in [5.41, 5.74) is 0.642. The van der Waals surface area contributed by atoms with Crippen molar-refractivity contribution in [3.05, 3.63) is 60.2 Å². The molecule has 0 radical (unpaired) electrons. The van der Waals surface area contributed by atoms with E-state index in [1.54, 1.807) is 12.1 Å². The van der Waals surface area contributed by atoms with Gasteiger partial charge in [-0.15, -0.1) is 0 Å². The third-order valence-corrected chi connectivity index (χ3v) is 7.22. The molecular formula is C23H28N2O8S. The Balaban J connectivity index is 1.50. The molecule has 10 nitrogen and oxygen atoms in total. The first-order valence-corrected chi connectivity index (χ1v) is 12.3. The predicted molar refractivity (Wildman–Crippen MR) is 121 cm³/mol. The molecule has 3 saturated heterocycles. The van der Waals surface area contributed by atoms with Crippen LogP contribution in [0.2, 0.25) is 0 Å². The minimum absolute atomic E-state index is 0.0278. The number of fused-ring (bicyclic) bond motifs is 3. The fourth-order valence-corrected chi connectivity index (χ4v) is 5.11. The zero-order chi connectivity index (χ0) is 24.4. The van der Waals surface area contributed by atoms with E-state index in [0.29, 0.717) is 32.2 Å². The summed E-state index contributed by atoms with van der Waals surface area (Å²) in [6, 6.07) is 13.4. The number of hydrogen-bond donors (Lipinski definition) is 3. The van der Waals surface area contributed by atoms with Crippen molar-refractivity contribution >= 4 is 16.1 Å². The molecule has 1 amide bonds. The number of carbonyl (C=O) groups is 1. The second-order valence-electron chi connectivity index (χ2n) is 8.86. The van der Waals surface area contributed by atoms with Gasteiger partial charge in [0.1, 0.15) is 18.4 Å². The first kappa shape index (κ1) is 24.4. The zero-order valence-electron chi connectivity index (χ0n) is 18.9. The zero-order valence-corrected chi connectivity index (χ0v) is 19.7. The van der Waals surface area contributed by atoms with Crippen LogP contribution in [0.15, 0.2) is 59.5 Å². The molecule has 0 spiro atoms. The molecule has 3 aliphatic rings. The number of amides is 1. The molecule has 0 aromatic heterocycles. The van der Waals surface area contributed by atoms with Crippen LogP contribution in [0.3, 0.4) is 0 Å². The van der Waals surface area contributed by atoms with Gasteiger partial charge >= 0.3 is 12.1 Å². The van der Waals surface area contributed by atoms with Gasteiger partial charge in [-0.25, -0.2) is 13.2 Å². The van der Waals surface area contributed by atoms with Crippen LogP contribution >= 0.6 is 0 Å². The molecule has 3 aliphatic heterocycles. The van der Waals surface area contributed by atoms with Gasteiger partial charge in [0.2, 0.25) is 10.0 Å². The van der Waals surface area contributed by atoms with Gasteiger partial charge in [-0.05, 0) is 36.8 Å². The summed E-state index contributed by atoms with van der Waals surface area (Å²) in [5.74, 6) is -1.24. The standard InChI is InChI=1S/C23H28N2O8S/c1-16(24-21(26)27)20(23-31-13-22(2,14-32-23)15-33-23)25-34(28,29)19-10-8-18(9-11-19)30-12-17-6-4-3-5-7-17/h3-11,16,20,24-25H,12-15H2,1-2H3,(H,26,27). The number of ether oxygens (including phenoxy) is 4. The van der Waals surface area contributed by atoms with Crippen LogP contribution in [0.4, 0.5) is 4.79 Å². The highest BCUT2D eigenvalue weighted by Crippen LogP contribution is 2.41. The molecule has 3 heterocycles. The first-order valence-electron chi connectivity index (χ1n) is 10.8. The third-order valence-electron chi connectivity index (χ3n) is 5.76. The molecule has 34 heavy (non-hydrogen) atoms. The molecule has 5 rings (SSSR count). The first-order chi connectivity index (χ1) is 16.1. The fraction of sp³-hybridized carbons (Fsp3) is 0.435. The minimum Gasteiger partial charge on any atom is -0.489 e. The summed E-state index contributed by atoms with van der Waals surface area (Å²) in [5, 5.41) is 11.5. The highest BCUT2D eigenvalue weighted by atomic mass is 32.2. The van der Waals surface area contributed by atoms with E-state index in [9.17, 15) is 18.3 Å². The Bertz CT molecular complexity index is 1080. The van der Waals surface area contributed by atoms with Crippen molar-refractivity contribution in [1.29, 1.82) is 0 Å². The lowest BCUT2D eigenvalue weighted by Crippen LogP contribution is -2.71. The van der Waals surface area contributed by atoms with Crippen molar-refractivity contribution in [3.8, 4) is 5.75 Å². The van der Waals surface area contributed by atoms with Crippen molar-refractivity contribution in [2.75, 3.05) is 19.8 Å². The van der Waals surface area contributed by atoms with E-state index in [1.165, 1.54) is 19.1 Å². The third kappa shape index (κ3) is 5.34. The number of rotatable bonds is 9. The van der Waals surface area contributed by atoms with E-state index in [1.807, 2.05) is 37.3 Å². The van der Waals surface area contributed by atoms with Crippen LogP contribution in [0.1, 0.15) is 19.4 Å². The summed E-state index contributed by atoms with van der Waals surface area (Å²) in [6.07, 6.45) is -1.32. The van der Waals surface area contributed by atoms with Crippen LogP contribution in [0, 0.1) is 5.41 Å². The number of nitrogens with one attached hydrogen (secondary N) is 2. The number of hydrogen-bond acceptors (Lipinski definition) is 7. The summed E-state index contributed by atoms with van der Waals surface area (Å²) in [4.78, 5) is 11.2. The van der Waals surface area contributed by atoms with Gasteiger partial charge in [-0.2, -0.15) is 4.72 Å². The molecule has 0 saturated carbocycles. The smallest absolute Gasteiger partial charge is 0.404 e. The molecule has 0 aliphatic carbocycles. The average molecular weight is 493 g/mol. The topological polar surface area (TPSA) is 132 Å². The second-order valence-corrected chi connectivity index (χ2v) is 10.6. The van der Waals surface area contributed by atoms with Crippen molar-refractivity contribution < 1.29 is 37.3 Å². The average Bonchev–Trinajstić information content (AvgIpc) is 2.82. The Kier molecular flexibility index (Phi) is 6.83. The molecule has 2 bridgehead atoms. The Morgan fingerprint density at radius 3 is 2.21 bits per heavy atom. The maximum atomic E-state index is 13.2. The minimum atomic E-state index is -4.10. The molecule has 11 heteroatoms. The molecule has 3 N–H and O–H groups in total. The lowest BCUT2D eigenvalue weighted by molar-refractivity contribution is -0.474. The predicted octanol–water partition coefficient (Wildman–Crippen LogP) is 2.31. The largest absolute Gasteiger partial charge is 0.489 e. The van der Waals surface area contributed by atoms with E-state index in [4.69, 9.17) is 18.9 Å². The van der Waals surface area contributed by atoms with Gasteiger partial charge in [-0.1, -0.05) is 37.3 Å². The van der Waals surface area contributed by atoms with Crippen LogP contribution in [0.25, 0.3) is 0 Å². The number of benzene rings is 2. The van der Waals surface area contributed by atoms with E-state index in [-0.39, 0.29) is 10.3 Å². The van der Waals surface area contributed by atoms with Crippen LogP contribution < -0.4 is 14.8 Å². The van der Waals surface area contributed by atoms with E-state index in [2.05, 4.69) is 10.0 Å². The number of carboxylic acid groups (broad SMARTS) is 1. The monoisotopic (exact) mass is 492 g/mol. The summed E-state index contributed by atoms with van der Waals surface area (Å²) >= 11 is 0. The molecule has 2 aromatic carbocycles. The van der Waals surface area contributed by atoms with E-state index in [0.717, 1.165) is 5.56 Å². The Morgan fingerprint density at radius 1 is 1.06 bits per heavy atom. The molecular weight excluding hydrogens is 464 g/mol.